The summed E-state index contributed by atoms with van der Waals surface area (Å²) < 4.78 is 14.3. The van der Waals surface area contributed by atoms with Crippen molar-refractivity contribution in [2.45, 2.75) is 32.2 Å². The Kier molecular flexibility index (Phi) is 11.0. The lowest BCUT2D eigenvalue weighted by Gasteiger charge is -2.31. The molecule has 0 saturated carbocycles. The van der Waals surface area contributed by atoms with Gasteiger partial charge in [0.05, 0.1) is 23.7 Å². The standard InChI is InChI=1S/C22H22FN3O3.C4H6O4.H2O/c23-17-7-5-15(6-8-17)20(27)16-9-11-25(12-10-16)13-14-26-21(28)18-3-1-2-4-19(18)24-22(26)29;5-3(6)1-2-4(7)8;/h1-8,16H,9-14H2,(H,24,29);1-2H2,(H,5,6)(H,7,8);1H2. The molecule has 1 aliphatic rings. The second kappa shape index (κ2) is 14.0. The molecule has 3 aromatic rings. The molecule has 204 valence electrons. The molecule has 0 unspecified atom stereocenters. The monoisotopic (exact) mass is 531 g/mol. The number of nitrogens with one attached hydrogen (secondary N) is 1. The summed E-state index contributed by atoms with van der Waals surface area (Å²) in [6, 6.07) is 12.6. The Hall–Kier alpha value is -4.16. The molecule has 12 heteroatoms. The van der Waals surface area contributed by atoms with Crippen molar-refractivity contribution in [3.8, 4) is 0 Å². The Balaban J connectivity index is 0.000000493. The van der Waals surface area contributed by atoms with Crippen LogP contribution in [0.4, 0.5) is 4.39 Å². The zero-order valence-electron chi connectivity index (χ0n) is 20.6. The summed E-state index contributed by atoms with van der Waals surface area (Å²) >= 11 is 0. The van der Waals surface area contributed by atoms with Gasteiger partial charge < -0.3 is 25.6 Å². The van der Waals surface area contributed by atoms with Crippen LogP contribution in [-0.2, 0) is 16.1 Å². The highest BCUT2D eigenvalue weighted by atomic mass is 19.1. The van der Waals surface area contributed by atoms with E-state index in [1.54, 1.807) is 24.3 Å². The van der Waals surface area contributed by atoms with E-state index < -0.39 is 17.6 Å². The topological polar surface area (TPSA) is 181 Å². The predicted molar refractivity (Wildman–Crippen MR) is 137 cm³/mol. The summed E-state index contributed by atoms with van der Waals surface area (Å²) in [7, 11) is 0. The van der Waals surface area contributed by atoms with E-state index in [-0.39, 0.29) is 41.4 Å². The van der Waals surface area contributed by atoms with Gasteiger partial charge in [-0.05, 0) is 62.3 Å². The summed E-state index contributed by atoms with van der Waals surface area (Å²) in [5.74, 6) is -2.54. The molecule has 0 bridgehead atoms. The van der Waals surface area contributed by atoms with Gasteiger partial charge in [0.1, 0.15) is 5.82 Å². The summed E-state index contributed by atoms with van der Waals surface area (Å²) in [6.45, 7) is 2.31. The number of para-hydroxylation sites is 1. The third kappa shape index (κ3) is 8.18. The number of H-pyrrole nitrogens is 1. The van der Waals surface area contributed by atoms with Crippen molar-refractivity contribution in [1.29, 1.82) is 0 Å². The first-order valence-electron chi connectivity index (χ1n) is 11.8. The maximum Gasteiger partial charge on any atom is 0.328 e. The molecular weight excluding hydrogens is 501 g/mol. The highest BCUT2D eigenvalue weighted by Gasteiger charge is 2.25. The third-order valence-corrected chi connectivity index (χ3v) is 6.17. The number of nitrogens with zero attached hydrogens (tertiary/aromatic N) is 2. The molecule has 1 aromatic heterocycles. The molecule has 1 aliphatic heterocycles. The molecule has 5 N–H and O–H groups in total. The van der Waals surface area contributed by atoms with Crippen LogP contribution in [0.5, 0.6) is 0 Å². The number of piperidine rings is 1. The Bertz CT molecular complexity index is 1360. The van der Waals surface area contributed by atoms with Crippen LogP contribution in [0.2, 0.25) is 0 Å². The Morgan fingerprint density at radius 1 is 0.895 bits per heavy atom. The van der Waals surface area contributed by atoms with Crippen molar-refractivity contribution in [2.24, 2.45) is 5.92 Å². The van der Waals surface area contributed by atoms with E-state index in [1.165, 1.54) is 28.8 Å². The van der Waals surface area contributed by atoms with Gasteiger partial charge in [-0.2, -0.15) is 0 Å². The number of carboxylic acids is 2. The van der Waals surface area contributed by atoms with Gasteiger partial charge >= 0.3 is 17.6 Å². The Labute approximate surface area is 216 Å². The largest absolute Gasteiger partial charge is 0.481 e. The number of rotatable bonds is 8. The van der Waals surface area contributed by atoms with E-state index in [4.69, 9.17) is 10.2 Å². The number of Topliss-reactive ketones (excluding diaryl/α,β-unsaturated/α-hetero) is 1. The lowest BCUT2D eigenvalue weighted by atomic mass is 9.89. The molecule has 38 heavy (non-hydrogen) atoms. The minimum Gasteiger partial charge on any atom is -0.481 e. The van der Waals surface area contributed by atoms with Crippen LogP contribution in [-0.4, -0.2) is 67.5 Å². The van der Waals surface area contributed by atoms with Crippen molar-refractivity contribution in [3.05, 3.63) is 80.7 Å². The van der Waals surface area contributed by atoms with Gasteiger partial charge in [0.25, 0.3) is 5.56 Å². The van der Waals surface area contributed by atoms with Crippen molar-refractivity contribution in [3.63, 3.8) is 0 Å². The van der Waals surface area contributed by atoms with E-state index in [1.807, 2.05) is 0 Å². The highest BCUT2D eigenvalue weighted by Crippen LogP contribution is 2.22. The fourth-order valence-electron chi connectivity index (χ4n) is 4.13. The Morgan fingerprint density at radius 3 is 2.05 bits per heavy atom. The second-order valence-corrected chi connectivity index (χ2v) is 8.71. The van der Waals surface area contributed by atoms with E-state index in [9.17, 15) is 28.4 Å². The van der Waals surface area contributed by atoms with E-state index >= 15 is 0 Å². The quantitative estimate of drug-likeness (QED) is 0.366. The van der Waals surface area contributed by atoms with Crippen LogP contribution in [0.15, 0.2) is 58.1 Å². The van der Waals surface area contributed by atoms with Crippen molar-refractivity contribution in [1.82, 2.24) is 14.5 Å². The van der Waals surface area contributed by atoms with E-state index in [0.29, 0.717) is 42.4 Å². The molecule has 0 amide bonds. The number of carbonyl (C=O) groups excluding carboxylic acids is 1. The summed E-state index contributed by atoms with van der Waals surface area (Å²) in [5.41, 5.74) is 0.388. The number of aromatic amines is 1. The van der Waals surface area contributed by atoms with Crippen molar-refractivity contribution in [2.75, 3.05) is 19.6 Å². The molecule has 0 radical (unpaired) electrons. The lowest BCUT2D eigenvalue weighted by Crippen LogP contribution is -2.42. The summed E-state index contributed by atoms with van der Waals surface area (Å²) in [4.78, 5) is 61.6. The molecule has 0 aliphatic carbocycles. The number of aliphatic carboxylic acids is 2. The predicted octanol–water partition coefficient (Wildman–Crippen LogP) is 1.53. The normalized spacial score (nSPS) is 13.7. The number of aromatic nitrogens is 2. The second-order valence-electron chi connectivity index (χ2n) is 8.71. The Morgan fingerprint density at radius 2 is 1.47 bits per heavy atom. The fourth-order valence-corrected chi connectivity index (χ4v) is 4.13. The van der Waals surface area contributed by atoms with Gasteiger partial charge in [-0.3, -0.25) is 23.7 Å². The van der Waals surface area contributed by atoms with Crippen LogP contribution < -0.4 is 11.2 Å². The number of hydrogen-bond acceptors (Lipinski definition) is 6. The molecule has 0 atom stereocenters. The van der Waals surface area contributed by atoms with Crippen molar-refractivity contribution < 1.29 is 34.5 Å². The van der Waals surface area contributed by atoms with Gasteiger partial charge in [0.2, 0.25) is 0 Å². The average Bonchev–Trinajstić information content (AvgIpc) is 2.88. The van der Waals surface area contributed by atoms with Crippen LogP contribution in [0.1, 0.15) is 36.0 Å². The zero-order valence-corrected chi connectivity index (χ0v) is 20.6. The molecule has 2 aromatic carbocycles. The maximum atomic E-state index is 13.0. The minimum absolute atomic E-state index is 0. The van der Waals surface area contributed by atoms with Crippen LogP contribution in [0.3, 0.4) is 0 Å². The zero-order chi connectivity index (χ0) is 26.9. The van der Waals surface area contributed by atoms with Gasteiger partial charge in [-0.25, -0.2) is 9.18 Å². The van der Waals surface area contributed by atoms with Gasteiger partial charge in [-0.1, -0.05) is 12.1 Å². The lowest BCUT2D eigenvalue weighted by molar-refractivity contribution is -0.143. The van der Waals surface area contributed by atoms with Crippen LogP contribution >= 0.6 is 0 Å². The molecule has 2 heterocycles. The molecule has 0 spiro atoms. The number of carboxylic acid groups (broad SMARTS) is 2. The van der Waals surface area contributed by atoms with Crippen LogP contribution in [0, 0.1) is 11.7 Å². The SMILES string of the molecule is O.O=C(O)CCC(=O)O.O=C(c1ccc(F)cc1)C1CCN(CCn2c(=O)[nH]c3ccccc3c2=O)CC1. The first-order chi connectivity index (χ1) is 17.7. The molecule has 11 nitrogen and oxygen atoms in total. The first kappa shape index (κ1) is 30.1. The third-order valence-electron chi connectivity index (χ3n) is 6.17. The smallest absolute Gasteiger partial charge is 0.328 e. The fraction of sp³-hybridized carbons (Fsp3) is 0.346. The van der Waals surface area contributed by atoms with Gasteiger partial charge in [0.15, 0.2) is 5.78 Å². The van der Waals surface area contributed by atoms with Gasteiger partial charge in [-0.15, -0.1) is 0 Å². The number of likely N-dealkylation sites (tertiary alicyclic amines) is 1. The molecule has 1 fully saturated rings. The first-order valence-corrected chi connectivity index (χ1v) is 11.8. The van der Waals surface area contributed by atoms with E-state index in [2.05, 4.69) is 9.88 Å². The van der Waals surface area contributed by atoms with Crippen LogP contribution in [0.25, 0.3) is 10.9 Å². The maximum absolute atomic E-state index is 13.0. The number of halogens is 1. The highest BCUT2D eigenvalue weighted by molar-refractivity contribution is 5.97. The molecular formula is C26H30FN3O8. The van der Waals surface area contributed by atoms with E-state index in [0.717, 1.165) is 13.1 Å². The number of carbonyl (C=O) groups is 3. The summed E-state index contributed by atoms with van der Waals surface area (Å²) in [6.07, 6.45) is 0.822. The van der Waals surface area contributed by atoms with Crippen molar-refractivity contribution >= 4 is 28.6 Å². The molecule has 4 rings (SSSR count). The number of ketones is 1. The summed E-state index contributed by atoms with van der Waals surface area (Å²) in [5, 5.41) is 16.3. The number of benzene rings is 2. The minimum atomic E-state index is -1.08. The molecule has 1 saturated heterocycles. The number of fused-ring (bicyclic) bond motifs is 1. The average molecular weight is 532 g/mol. The van der Waals surface area contributed by atoms with Gasteiger partial charge in [0, 0.05) is 24.6 Å². The number of hydrogen-bond donors (Lipinski definition) is 3.